The minimum Gasteiger partial charge on any atom is -0.507 e. The van der Waals surface area contributed by atoms with Crippen LogP contribution in [0.2, 0.25) is 0 Å². The number of phenolic OH excluding ortho intramolecular Hbond substituents is 1. The quantitative estimate of drug-likeness (QED) is 0.398. The highest BCUT2D eigenvalue weighted by Gasteiger charge is 2.02. The molecule has 0 spiro atoms. The molecule has 2 nitrogen and oxygen atoms in total. The van der Waals surface area contributed by atoms with Crippen LogP contribution >= 0.6 is 0 Å². The molecule has 0 heterocycles. The number of phenols is 1. The van der Waals surface area contributed by atoms with Crippen molar-refractivity contribution in [3.05, 3.63) is 108 Å². The molecule has 0 saturated carbocycles. The predicted molar refractivity (Wildman–Crippen MR) is 117 cm³/mol. The van der Waals surface area contributed by atoms with Crippen molar-refractivity contribution in [2.75, 3.05) is 0 Å². The summed E-state index contributed by atoms with van der Waals surface area (Å²) in [6.45, 7) is 1.88. The third-order valence-electron chi connectivity index (χ3n) is 4.81. The highest BCUT2D eigenvalue weighted by Crippen LogP contribution is 2.27. The Balaban J connectivity index is 1.52. The van der Waals surface area contributed by atoms with Gasteiger partial charge in [-0.25, -0.2) is 0 Å². The summed E-state index contributed by atoms with van der Waals surface area (Å²) < 4.78 is 0. The smallest absolute Gasteiger partial charge is 0.127 e. The molecule has 0 aliphatic carbocycles. The van der Waals surface area contributed by atoms with Gasteiger partial charge in [-0.3, -0.25) is 4.99 Å². The maximum absolute atomic E-state index is 10.1. The molecule has 1 N–H and O–H groups in total. The van der Waals surface area contributed by atoms with Gasteiger partial charge in [0, 0.05) is 11.8 Å². The van der Waals surface area contributed by atoms with Crippen molar-refractivity contribution >= 4 is 11.9 Å². The molecule has 0 unspecified atom stereocenters. The fourth-order valence-corrected chi connectivity index (χ4v) is 3.16. The van der Waals surface area contributed by atoms with Crippen LogP contribution in [0, 0.1) is 6.92 Å². The third kappa shape index (κ3) is 3.86. The molecule has 2 heteroatoms. The first-order chi connectivity index (χ1) is 13.7. The first kappa shape index (κ1) is 17.7. The lowest BCUT2D eigenvalue weighted by Gasteiger charge is -2.06. The van der Waals surface area contributed by atoms with Crippen LogP contribution in [0.15, 0.2) is 102 Å². The Morgan fingerprint density at radius 1 is 0.607 bits per heavy atom. The summed E-state index contributed by atoms with van der Waals surface area (Å²) in [7, 11) is 0. The zero-order chi connectivity index (χ0) is 19.3. The fraction of sp³-hybridized carbons (Fsp3) is 0.0385. The maximum Gasteiger partial charge on any atom is 0.127 e. The summed E-state index contributed by atoms with van der Waals surface area (Å²) in [4.78, 5) is 4.48. The van der Waals surface area contributed by atoms with E-state index in [2.05, 4.69) is 65.7 Å². The molecule has 136 valence electrons. The first-order valence-corrected chi connectivity index (χ1v) is 9.29. The normalized spacial score (nSPS) is 11.0. The number of aliphatic imine (C=N–C) groups is 1. The van der Waals surface area contributed by atoms with Crippen LogP contribution in [-0.2, 0) is 0 Å². The van der Waals surface area contributed by atoms with Gasteiger partial charge >= 0.3 is 0 Å². The number of para-hydroxylation sites is 1. The summed E-state index contributed by atoms with van der Waals surface area (Å²) in [5.74, 6) is 0.279. The second kappa shape index (κ2) is 7.93. The molecule has 0 aliphatic heterocycles. The molecule has 0 radical (unpaired) electrons. The van der Waals surface area contributed by atoms with Crippen LogP contribution < -0.4 is 0 Å². The number of nitrogens with zero attached hydrogens (tertiary/aromatic N) is 1. The number of aryl methyl sites for hydroxylation is 1. The summed E-state index contributed by atoms with van der Waals surface area (Å²) >= 11 is 0. The van der Waals surface area contributed by atoms with Gasteiger partial charge in [-0.2, -0.15) is 0 Å². The van der Waals surface area contributed by atoms with E-state index in [1.807, 2.05) is 43.3 Å². The van der Waals surface area contributed by atoms with Crippen molar-refractivity contribution in [3.8, 4) is 28.0 Å². The number of hydrogen-bond donors (Lipinski definition) is 1. The Hall–Kier alpha value is -3.65. The van der Waals surface area contributed by atoms with Gasteiger partial charge in [0.2, 0.25) is 0 Å². The molecule has 0 aliphatic rings. The summed E-state index contributed by atoms with van der Waals surface area (Å²) in [5, 5.41) is 10.1. The Labute approximate surface area is 165 Å². The van der Waals surface area contributed by atoms with E-state index < -0.39 is 0 Å². The van der Waals surface area contributed by atoms with Crippen LogP contribution in [-0.4, -0.2) is 11.3 Å². The molecule has 0 atom stereocenters. The van der Waals surface area contributed by atoms with Gasteiger partial charge in [0.25, 0.3) is 0 Å². The molecule has 0 saturated heterocycles. The van der Waals surface area contributed by atoms with Crippen molar-refractivity contribution in [1.29, 1.82) is 0 Å². The largest absolute Gasteiger partial charge is 0.507 e. The molecule has 28 heavy (non-hydrogen) atoms. The average Bonchev–Trinajstić information content (AvgIpc) is 2.76. The number of aromatic hydroxyl groups is 1. The highest BCUT2D eigenvalue weighted by molar-refractivity contribution is 5.86. The van der Waals surface area contributed by atoms with Crippen molar-refractivity contribution in [2.24, 2.45) is 4.99 Å². The van der Waals surface area contributed by atoms with Gasteiger partial charge in [0.1, 0.15) is 5.75 Å². The predicted octanol–water partition coefficient (Wildman–Crippen LogP) is 6.79. The second-order valence-electron chi connectivity index (χ2n) is 6.76. The summed E-state index contributed by atoms with van der Waals surface area (Å²) in [6, 6.07) is 32.7. The molecule has 0 fully saturated rings. The molecular formula is C26H21NO. The Bertz CT molecular complexity index is 1100. The molecule has 0 bridgehead atoms. The van der Waals surface area contributed by atoms with E-state index in [1.165, 1.54) is 16.7 Å². The molecule has 4 aromatic carbocycles. The molecule has 0 amide bonds. The van der Waals surface area contributed by atoms with E-state index in [4.69, 9.17) is 0 Å². The lowest BCUT2D eigenvalue weighted by Crippen LogP contribution is -1.84. The van der Waals surface area contributed by atoms with Gasteiger partial charge in [-0.05, 0) is 52.9 Å². The zero-order valence-electron chi connectivity index (χ0n) is 15.7. The number of rotatable bonds is 4. The lowest BCUT2D eigenvalue weighted by molar-refractivity contribution is 0.470. The third-order valence-corrected chi connectivity index (χ3v) is 4.81. The van der Waals surface area contributed by atoms with Crippen LogP contribution in [0.3, 0.4) is 0 Å². The highest BCUT2D eigenvalue weighted by atomic mass is 16.3. The minimum atomic E-state index is 0.279. The van der Waals surface area contributed by atoms with Gasteiger partial charge in [0.15, 0.2) is 0 Å². The van der Waals surface area contributed by atoms with Crippen molar-refractivity contribution in [1.82, 2.24) is 0 Å². The van der Waals surface area contributed by atoms with E-state index in [0.29, 0.717) is 0 Å². The standard InChI is InChI=1S/C26H21NO/c1-19-6-5-9-24(26(19)28)18-27-25-16-14-23(15-17-25)22-12-10-21(11-13-22)20-7-3-2-4-8-20/h2-18,28H,1H3. The van der Waals surface area contributed by atoms with Gasteiger partial charge < -0.3 is 5.11 Å². The number of benzene rings is 4. The maximum atomic E-state index is 10.1. The summed E-state index contributed by atoms with van der Waals surface area (Å²) in [6.07, 6.45) is 1.70. The van der Waals surface area contributed by atoms with Gasteiger partial charge in [0.05, 0.1) is 5.69 Å². The Kier molecular flexibility index (Phi) is 5.03. The molecule has 0 aromatic heterocycles. The van der Waals surface area contributed by atoms with Crippen LogP contribution in [0.25, 0.3) is 22.3 Å². The van der Waals surface area contributed by atoms with Gasteiger partial charge in [-0.1, -0.05) is 78.9 Å². The summed E-state index contributed by atoms with van der Waals surface area (Å²) in [5.41, 5.74) is 7.18. The van der Waals surface area contributed by atoms with Gasteiger partial charge in [-0.15, -0.1) is 0 Å². The Morgan fingerprint density at radius 2 is 1.14 bits per heavy atom. The Morgan fingerprint density at radius 3 is 1.75 bits per heavy atom. The van der Waals surface area contributed by atoms with Crippen LogP contribution in [0.4, 0.5) is 5.69 Å². The first-order valence-electron chi connectivity index (χ1n) is 9.29. The minimum absolute atomic E-state index is 0.279. The van der Waals surface area contributed by atoms with E-state index in [9.17, 15) is 5.11 Å². The molecule has 4 rings (SSSR count). The SMILES string of the molecule is Cc1cccc(C=Nc2ccc(-c3ccc(-c4ccccc4)cc3)cc2)c1O. The molecular weight excluding hydrogens is 342 g/mol. The fourth-order valence-electron chi connectivity index (χ4n) is 3.16. The van der Waals surface area contributed by atoms with Crippen molar-refractivity contribution in [2.45, 2.75) is 6.92 Å². The average molecular weight is 363 g/mol. The monoisotopic (exact) mass is 363 g/mol. The van der Waals surface area contributed by atoms with E-state index >= 15 is 0 Å². The van der Waals surface area contributed by atoms with E-state index in [0.717, 1.165) is 22.4 Å². The van der Waals surface area contributed by atoms with E-state index in [-0.39, 0.29) is 5.75 Å². The van der Waals surface area contributed by atoms with E-state index in [1.54, 1.807) is 6.21 Å². The number of hydrogen-bond acceptors (Lipinski definition) is 2. The molecule has 4 aromatic rings. The van der Waals surface area contributed by atoms with Crippen molar-refractivity contribution in [3.63, 3.8) is 0 Å². The topological polar surface area (TPSA) is 32.6 Å². The van der Waals surface area contributed by atoms with Crippen LogP contribution in [0.5, 0.6) is 5.75 Å². The van der Waals surface area contributed by atoms with Crippen molar-refractivity contribution < 1.29 is 5.11 Å². The lowest BCUT2D eigenvalue weighted by atomic mass is 10.0. The zero-order valence-corrected chi connectivity index (χ0v) is 15.7. The van der Waals surface area contributed by atoms with Crippen LogP contribution in [0.1, 0.15) is 11.1 Å². The second-order valence-corrected chi connectivity index (χ2v) is 6.76.